The van der Waals surface area contributed by atoms with Gasteiger partial charge in [-0.2, -0.15) is 0 Å². The fourth-order valence-corrected chi connectivity index (χ4v) is 1.82. The predicted octanol–water partition coefficient (Wildman–Crippen LogP) is 0.0373. The summed E-state index contributed by atoms with van der Waals surface area (Å²) in [4.78, 5) is 0. The summed E-state index contributed by atoms with van der Waals surface area (Å²) < 4.78 is 0. The number of hydrogen-bond acceptors (Lipinski definition) is 5. The topological polar surface area (TPSA) is 84.8 Å². The molecule has 0 bridgehead atoms. The van der Waals surface area contributed by atoms with Crippen molar-refractivity contribution in [3.63, 3.8) is 0 Å². The molecule has 1 atom stereocenters. The second kappa shape index (κ2) is 3.96. The highest BCUT2D eigenvalue weighted by molar-refractivity contribution is 5.50. The van der Waals surface area contributed by atoms with E-state index in [1.165, 1.54) is 12.1 Å². The normalized spacial score (nSPS) is 21.5. The maximum Gasteiger partial charge on any atom is 0.127 e. The van der Waals surface area contributed by atoms with Gasteiger partial charge in [0.25, 0.3) is 0 Å². The van der Waals surface area contributed by atoms with E-state index >= 15 is 0 Å². The van der Waals surface area contributed by atoms with E-state index < -0.39 is 0 Å². The number of rotatable bonds is 1. The Morgan fingerprint density at radius 3 is 2.27 bits per heavy atom. The van der Waals surface area contributed by atoms with Crippen LogP contribution in [0, 0.1) is 0 Å². The quantitative estimate of drug-likeness (QED) is 0.452. The Labute approximate surface area is 87.4 Å². The smallest absolute Gasteiger partial charge is 0.127 e. The van der Waals surface area contributed by atoms with Crippen LogP contribution in [0.3, 0.4) is 0 Å². The van der Waals surface area contributed by atoms with Crippen molar-refractivity contribution >= 4 is 0 Å². The fraction of sp³-hybridized carbons (Fsp3) is 0.400. The minimum Gasteiger partial charge on any atom is -0.508 e. The highest BCUT2D eigenvalue weighted by atomic mass is 16.3. The van der Waals surface area contributed by atoms with E-state index in [4.69, 9.17) is 5.11 Å². The Morgan fingerprint density at radius 2 is 1.73 bits per heavy atom. The number of hydrogen-bond donors (Lipinski definition) is 5. The second-order valence-corrected chi connectivity index (χ2v) is 3.61. The first-order valence-corrected chi connectivity index (χ1v) is 4.87. The van der Waals surface area contributed by atoms with Gasteiger partial charge < -0.3 is 26.0 Å². The van der Waals surface area contributed by atoms with E-state index in [2.05, 4.69) is 10.6 Å². The first-order valence-electron chi connectivity index (χ1n) is 4.87. The predicted molar refractivity (Wildman–Crippen MR) is 55.0 cm³/mol. The fourth-order valence-electron chi connectivity index (χ4n) is 1.82. The molecule has 1 aromatic carbocycles. The molecule has 0 saturated carbocycles. The number of phenolic OH excluding ortho intramolecular Hbond substituents is 3. The third kappa shape index (κ3) is 1.98. The van der Waals surface area contributed by atoms with Crippen molar-refractivity contribution in [2.45, 2.75) is 6.04 Å². The van der Waals surface area contributed by atoms with Crippen molar-refractivity contribution < 1.29 is 15.3 Å². The molecule has 5 N–H and O–H groups in total. The van der Waals surface area contributed by atoms with Crippen LogP contribution in [0.5, 0.6) is 17.2 Å². The van der Waals surface area contributed by atoms with E-state index in [1.54, 1.807) is 0 Å². The maximum absolute atomic E-state index is 9.64. The molecule has 0 aliphatic carbocycles. The Bertz CT molecular complexity index is 339. The molecule has 0 amide bonds. The van der Waals surface area contributed by atoms with Gasteiger partial charge in [-0.15, -0.1) is 0 Å². The van der Waals surface area contributed by atoms with Gasteiger partial charge in [0.15, 0.2) is 0 Å². The molecule has 0 radical (unpaired) electrons. The van der Waals surface area contributed by atoms with Crippen LogP contribution in [-0.2, 0) is 0 Å². The van der Waals surface area contributed by atoms with Crippen LogP contribution < -0.4 is 10.6 Å². The molecular weight excluding hydrogens is 196 g/mol. The van der Waals surface area contributed by atoms with E-state index in [1.807, 2.05) is 0 Å². The van der Waals surface area contributed by atoms with Crippen molar-refractivity contribution in [2.75, 3.05) is 19.6 Å². The van der Waals surface area contributed by atoms with Crippen molar-refractivity contribution in [1.82, 2.24) is 10.6 Å². The Morgan fingerprint density at radius 1 is 1.07 bits per heavy atom. The standard InChI is InChI=1S/C10H14N2O3/c13-6-3-8(14)10(9(15)4-6)7-5-11-1-2-12-7/h3-4,7,11-15H,1-2,5H2/t7-/m1/s1. The highest BCUT2D eigenvalue weighted by Gasteiger charge is 2.21. The van der Waals surface area contributed by atoms with Gasteiger partial charge in [-0.1, -0.05) is 0 Å². The molecule has 15 heavy (non-hydrogen) atoms. The van der Waals surface area contributed by atoms with Crippen molar-refractivity contribution in [3.8, 4) is 17.2 Å². The van der Waals surface area contributed by atoms with Crippen LogP contribution in [0.1, 0.15) is 11.6 Å². The largest absolute Gasteiger partial charge is 0.508 e. The first kappa shape index (κ1) is 10.1. The summed E-state index contributed by atoms with van der Waals surface area (Å²) in [5.41, 5.74) is 0.431. The summed E-state index contributed by atoms with van der Waals surface area (Å²) in [6.07, 6.45) is 0. The summed E-state index contributed by atoms with van der Waals surface area (Å²) in [6.45, 7) is 2.30. The summed E-state index contributed by atoms with van der Waals surface area (Å²) in [5, 5.41) is 34.8. The lowest BCUT2D eigenvalue weighted by Gasteiger charge is -2.26. The highest BCUT2D eigenvalue weighted by Crippen LogP contribution is 2.36. The van der Waals surface area contributed by atoms with Crippen molar-refractivity contribution in [1.29, 1.82) is 0 Å². The molecule has 0 unspecified atom stereocenters. The van der Waals surface area contributed by atoms with Gasteiger partial charge in [0, 0.05) is 31.8 Å². The maximum atomic E-state index is 9.64. The summed E-state index contributed by atoms with van der Waals surface area (Å²) in [5.74, 6) is -0.320. The first-order chi connectivity index (χ1) is 7.18. The van der Waals surface area contributed by atoms with E-state index in [-0.39, 0.29) is 23.3 Å². The zero-order chi connectivity index (χ0) is 10.8. The number of piperazine rings is 1. The van der Waals surface area contributed by atoms with E-state index in [0.717, 1.165) is 13.1 Å². The summed E-state index contributed by atoms with van der Waals surface area (Å²) in [7, 11) is 0. The van der Waals surface area contributed by atoms with Crippen LogP contribution in [-0.4, -0.2) is 35.0 Å². The monoisotopic (exact) mass is 210 g/mol. The molecule has 1 saturated heterocycles. The average molecular weight is 210 g/mol. The van der Waals surface area contributed by atoms with Gasteiger partial charge in [0.1, 0.15) is 17.2 Å². The van der Waals surface area contributed by atoms with E-state index in [9.17, 15) is 10.2 Å². The van der Waals surface area contributed by atoms with Gasteiger partial charge in [-0.25, -0.2) is 0 Å². The lowest BCUT2D eigenvalue weighted by molar-refractivity contribution is 0.375. The van der Waals surface area contributed by atoms with Crippen LogP contribution in [0.15, 0.2) is 12.1 Å². The molecule has 5 heteroatoms. The van der Waals surface area contributed by atoms with Crippen LogP contribution in [0.2, 0.25) is 0 Å². The molecule has 1 heterocycles. The van der Waals surface area contributed by atoms with Gasteiger partial charge in [-0.05, 0) is 0 Å². The third-order valence-electron chi connectivity index (χ3n) is 2.51. The Hall–Kier alpha value is -1.46. The Kier molecular flexibility index (Phi) is 2.66. The Balaban J connectivity index is 2.33. The number of benzene rings is 1. The number of nitrogens with one attached hydrogen (secondary N) is 2. The van der Waals surface area contributed by atoms with Crippen LogP contribution in [0.25, 0.3) is 0 Å². The summed E-state index contributed by atoms with van der Waals surface area (Å²) >= 11 is 0. The van der Waals surface area contributed by atoms with Crippen molar-refractivity contribution in [2.24, 2.45) is 0 Å². The molecule has 0 aromatic heterocycles. The zero-order valence-corrected chi connectivity index (χ0v) is 8.20. The molecular formula is C10H14N2O3. The molecule has 1 aromatic rings. The van der Waals surface area contributed by atoms with Crippen molar-refractivity contribution in [3.05, 3.63) is 17.7 Å². The van der Waals surface area contributed by atoms with Gasteiger partial charge in [-0.3, -0.25) is 0 Å². The molecule has 1 fully saturated rings. The minimum absolute atomic E-state index is 0.0892. The number of aromatic hydroxyl groups is 3. The van der Waals surface area contributed by atoms with Crippen LogP contribution in [0.4, 0.5) is 0 Å². The molecule has 2 rings (SSSR count). The second-order valence-electron chi connectivity index (χ2n) is 3.61. The van der Waals surface area contributed by atoms with Crippen LogP contribution >= 0.6 is 0 Å². The molecule has 1 aliphatic rings. The summed E-state index contributed by atoms with van der Waals surface area (Å²) in [6, 6.07) is 2.33. The molecule has 5 nitrogen and oxygen atoms in total. The number of phenols is 3. The van der Waals surface area contributed by atoms with Gasteiger partial charge in [0.2, 0.25) is 0 Å². The SMILES string of the molecule is Oc1cc(O)c([C@H]2CNCCN2)c(O)c1. The van der Waals surface area contributed by atoms with E-state index in [0.29, 0.717) is 12.1 Å². The minimum atomic E-state index is -0.141. The zero-order valence-electron chi connectivity index (χ0n) is 8.20. The lowest BCUT2D eigenvalue weighted by Crippen LogP contribution is -2.42. The molecule has 82 valence electrons. The van der Waals surface area contributed by atoms with Gasteiger partial charge in [0.05, 0.1) is 11.6 Å². The lowest BCUT2D eigenvalue weighted by atomic mass is 10.0. The van der Waals surface area contributed by atoms with Gasteiger partial charge >= 0.3 is 0 Å². The molecule has 0 spiro atoms. The molecule has 1 aliphatic heterocycles. The average Bonchev–Trinajstić information content (AvgIpc) is 2.17. The third-order valence-corrected chi connectivity index (χ3v) is 2.51.